The van der Waals surface area contributed by atoms with Crippen molar-refractivity contribution in [3.05, 3.63) is 38.0 Å². The number of hydrogen-bond donors (Lipinski definition) is 2. The molecule has 0 fully saturated rings. The third-order valence-corrected chi connectivity index (χ3v) is 3.62. The Morgan fingerprint density at radius 2 is 2.37 bits per heavy atom. The highest BCUT2D eigenvalue weighted by Crippen LogP contribution is 2.28. The molecule has 0 saturated heterocycles. The van der Waals surface area contributed by atoms with Gasteiger partial charge in [-0.1, -0.05) is 0 Å². The van der Waals surface area contributed by atoms with Crippen molar-refractivity contribution >= 4 is 49.8 Å². The molecule has 0 aliphatic heterocycles. The van der Waals surface area contributed by atoms with Crippen molar-refractivity contribution in [3.8, 4) is 6.07 Å². The highest BCUT2D eigenvalue weighted by Gasteiger charge is 2.11. The lowest BCUT2D eigenvalue weighted by Crippen LogP contribution is -1.98. The molecule has 2 rings (SSSR count). The van der Waals surface area contributed by atoms with Crippen molar-refractivity contribution < 1.29 is 4.39 Å². The zero-order valence-electron chi connectivity index (χ0n) is 9.15. The Morgan fingerprint density at radius 1 is 1.58 bits per heavy atom. The maximum Gasteiger partial charge on any atom is 0.216 e. The molecule has 0 aliphatic rings. The van der Waals surface area contributed by atoms with Gasteiger partial charge in [0.1, 0.15) is 11.6 Å². The number of benzene rings is 1. The number of anilines is 1. The molecule has 1 aromatic carbocycles. The summed E-state index contributed by atoms with van der Waals surface area (Å²) in [7, 11) is 0. The molecule has 2 aromatic rings. The molecule has 0 saturated carbocycles. The van der Waals surface area contributed by atoms with Gasteiger partial charge < -0.3 is 5.32 Å². The molecular weight excluding hydrogens is 430 g/mol. The first-order valence-electron chi connectivity index (χ1n) is 4.87. The third-order valence-electron chi connectivity index (χ3n) is 2.11. The molecule has 2 N–H and O–H groups in total. The van der Waals surface area contributed by atoms with Gasteiger partial charge in [0.15, 0.2) is 5.82 Å². The lowest BCUT2D eigenvalue weighted by molar-refractivity contribution is 0.624. The molecule has 0 amide bonds. The summed E-state index contributed by atoms with van der Waals surface area (Å²) in [6.07, 6.45) is 1.33. The first-order chi connectivity index (χ1) is 9.13. The van der Waals surface area contributed by atoms with Gasteiger partial charge in [-0.05, 0) is 55.9 Å². The fraction of sp³-hybridized carbons (Fsp3) is 0. The highest BCUT2D eigenvalue weighted by atomic mass is 127. The number of nitrogens with one attached hydrogen (secondary N) is 2. The van der Waals surface area contributed by atoms with Gasteiger partial charge in [-0.25, -0.2) is 4.39 Å². The van der Waals surface area contributed by atoms with Crippen molar-refractivity contribution in [1.29, 1.82) is 5.26 Å². The number of nitriles is 1. The average Bonchev–Trinajstić information content (AvgIpc) is 2.92. The Kier molecular flexibility index (Phi) is 4.43. The van der Waals surface area contributed by atoms with Crippen LogP contribution in [0.2, 0.25) is 0 Å². The van der Waals surface area contributed by atoms with Crippen LogP contribution in [0.5, 0.6) is 0 Å². The van der Waals surface area contributed by atoms with E-state index in [1.165, 1.54) is 6.20 Å². The molecule has 0 aliphatic carbocycles. The van der Waals surface area contributed by atoms with Gasteiger partial charge in [-0.2, -0.15) is 10.5 Å². The molecule has 0 unspecified atom stereocenters. The number of aromatic amines is 1. The van der Waals surface area contributed by atoms with E-state index in [0.29, 0.717) is 8.04 Å². The Morgan fingerprint density at radius 3 is 3.00 bits per heavy atom. The van der Waals surface area contributed by atoms with Crippen LogP contribution in [-0.4, -0.2) is 20.6 Å². The molecule has 96 valence electrons. The van der Waals surface area contributed by atoms with Crippen molar-refractivity contribution in [3.63, 3.8) is 0 Å². The van der Waals surface area contributed by atoms with Gasteiger partial charge in [0, 0.05) is 9.77 Å². The number of nitrogens with zero attached hydrogens (tertiary/aromatic N) is 4. The molecular formula is C10H5BrFIN6. The molecule has 0 atom stereocenters. The van der Waals surface area contributed by atoms with Crippen LogP contribution in [0.25, 0.3) is 5.57 Å². The SMILES string of the molecule is N#CC(=CNc1c(I)ccc(Br)c1F)c1nn[nH]n1. The van der Waals surface area contributed by atoms with Crippen LogP contribution in [0.4, 0.5) is 10.1 Å². The predicted molar refractivity (Wildman–Crippen MR) is 78.2 cm³/mol. The number of hydrogen-bond acceptors (Lipinski definition) is 5. The van der Waals surface area contributed by atoms with Crippen molar-refractivity contribution in [2.24, 2.45) is 0 Å². The first-order valence-corrected chi connectivity index (χ1v) is 6.74. The summed E-state index contributed by atoms with van der Waals surface area (Å²) in [4.78, 5) is 0. The normalized spacial score (nSPS) is 11.2. The Balaban J connectivity index is 2.32. The van der Waals surface area contributed by atoms with E-state index < -0.39 is 5.82 Å². The standard InChI is InChI=1S/C10H5BrFIN6/c11-6-1-2-7(13)9(8(6)12)15-4-5(3-14)10-16-18-19-17-10/h1-2,4,15H,(H,16,17,18,19). The van der Waals surface area contributed by atoms with Gasteiger partial charge >= 0.3 is 0 Å². The molecule has 0 radical (unpaired) electrons. The fourth-order valence-electron chi connectivity index (χ4n) is 1.23. The van der Waals surface area contributed by atoms with E-state index in [1.807, 2.05) is 28.7 Å². The summed E-state index contributed by atoms with van der Waals surface area (Å²) in [6.45, 7) is 0. The number of H-pyrrole nitrogens is 1. The smallest absolute Gasteiger partial charge is 0.216 e. The minimum Gasteiger partial charge on any atom is -0.357 e. The summed E-state index contributed by atoms with van der Waals surface area (Å²) in [5, 5.41) is 24.7. The summed E-state index contributed by atoms with van der Waals surface area (Å²) in [5.74, 6) is -0.297. The summed E-state index contributed by atoms with van der Waals surface area (Å²) in [6, 6.07) is 5.25. The van der Waals surface area contributed by atoms with Crippen LogP contribution >= 0.6 is 38.5 Å². The number of rotatable bonds is 3. The fourth-order valence-corrected chi connectivity index (χ4v) is 2.13. The molecule has 1 heterocycles. The van der Waals surface area contributed by atoms with E-state index in [0.717, 1.165) is 0 Å². The van der Waals surface area contributed by atoms with Gasteiger partial charge in [0.25, 0.3) is 0 Å². The van der Waals surface area contributed by atoms with E-state index in [4.69, 9.17) is 5.26 Å². The van der Waals surface area contributed by atoms with E-state index in [-0.39, 0.29) is 17.1 Å². The molecule has 19 heavy (non-hydrogen) atoms. The average molecular weight is 435 g/mol. The quantitative estimate of drug-likeness (QED) is 0.440. The number of aromatic nitrogens is 4. The van der Waals surface area contributed by atoms with E-state index in [2.05, 4.69) is 41.9 Å². The van der Waals surface area contributed by atoms with Crippen LogP contribution in [0.3, 0.4) is 0 Å². The largest absolute Gasteiger partial charge is 0.357 e. The summed E-state index contributed by atoms with van der Waals surface area (Å²) in [5.41, 5.74) is 0.412. The van der Waals surface area contributed by atoms with Crippen molar-refractivity contribution in [1.82, 2.24) is 20.6 Å². The molecule has 6 nitrogen and oxygen atoms in total. The predicted octanol–water partition coefficient (Wildman–Crippen LogP) is 2.68. The number of tetrazole rings is 1. The van der Waals surface area contributed by atoms with Gasteiger partial charge in [-0.15, -0.1) is 10.2 Å². The topological polar surface area (TPSA) is 90.3 Å². The van der Waals surface area contributed by atoms with Crippen LogP contribution in [0.15, 0.2) is 22.8 Å². The van der Waals surface area contributed by atoms with E-state index in [1.54, 1.807) is 12.1 Å². The minimum absolute atomic E-state index is 0.139. The van der Waals surface area contributed by atoms with Crippen LogP contribution < -0.4 is 5.32 Å². The van der Waals surface area contributed by atoms with Crippen LogP contribution in [0, 0.1) is 20.7 Å². The zero-order valence-corrected chi connectivity index (χ0v) is 12.9. The Labute approximate surface area is 129 Å². The summed E-state index contributed by atoms with van der Waals surface area (Å²) < 4.78 is 14.9. The van der Waals surface area contributed by atoms with Crippen LogP contribution in [0.1, 0.15) is 5.82 Å². The molecule has 9 heteroatoms. The summed E-state index contributed by atoms with van der Waals surface area (Å²) >= 11 is 5.09. The number of halogens is 3. The van der Waals surface area contributed by atoms with Crippen LogP contribution in [-0.2, 0) is 0 Å². The monoisotopic (exact) mass is 434 g/mol. The maximum atomic E-state index is 13.9. The van der Waals surface area contributed by atoms with Gasteiger partial charge in [-0.3, -0.25) is 0 Å². The highest BCUT2D eigenvalue weighted by molar-refractivity contribution is 14.1. The maximum absolute atomic E-state index is 13.9. The lowest BCUT2D eigenvalue weighted by Gasteiger charge is -2.07. The Hall–Kier alpha value is -1.54. The van der Waals surface area contributed by atoms with Gasteiger partial charge in [0.05, 0.1) is 10.2 Å². The molecule has 0 spiro atoms. The van der Waals surface area contributed by atoms with Crippen molar-refractivity contribution in [2.45, 2.75) is 0 Å². The lowest BCUT2D eigenvalue weighted by atomic mass is 10.3. The second kappa shape index (κ2) is 6.07. The minimum atomic E-state index is -0.437. The van der Waals surface area contributed by atoms with Crippen molar-refractivity contribution in [2.75, 3.05) is 5.32 Å². The Bertz CT molecular complexity index is 663. The zero-order chi connectivity index (χ0) is 13.8. The van der Waals surface area contributed by atoms with E-state index in [9.17, 15) is 4.39 Å². The third kappa shape index (κ3) is 3.07. The second-order valence-corrected chi connectivity index (χ2v) is 5.28. The number of allylic oxidation sites excluding steroid dienone is 1. The molecule has 1 aromatic heterocycles. The van der Waals surface area contributed by atoms with E-state index >= 15 is 0 Å². The van der Waals surface area contributed by atoms with Gasteiger partial charge in [0.2, 0.25) is 5.82 Å². The molecule has 0 bridgehead atoms. The first kappa shape index (κ1) is 13.9. The second-order valence-electron chi connectivity index (χ2n) is 3.27.